The van der Waals surface area contributed by atoms with E-state index >= 15 is 0 Å². The van der Waals surface area contributed by atoms with Gasteiger partial charge >= 0.3 is 17.9 Å². The number of anilines is 1. The SMILES string of the molecule is C=CC(=O)Nc1ccc(C(=O)OC2=CC=C(OC(=O)c3ccc(OCCCCOC(=O)C=C)cc3)CC2)cc1. The molecule has 1 aliphatic rings. The molecule has 9 heteroatoms. The van der Waals surface area contributed by atoms with Gasteiger partial charge in [0.1, 0.15) is 17.3 Å². The van der Waals surface area contributed by atoms with Crippen LogP contribution in [0.1, 0.15) is 46.4 Å². The number of benzene rings is 2. The highest BCUT2D eigenvalue weighted by molar-refractivity contribution is 5.99. The van der Waals surface area contributed by atoms with E-state index in [1.165, 1.54) is 0 Å². The summed E-state index contributed by atoms with van der Waals surface area (Å²) in [5, 5.41) is 2.60. The van der Waals surface area contributed by atoms with Crippen LogP contribution in [-0.4, -0.2) is 37.0 Å². The van der Waals surface area contributed by atoms with Gasteiger partial charge in [0.2, 0.25) is 5.91 Å². The molecule has 202 valence electrons. The molecule has 0 fully saturated rings. The first-order valence-corrected chi connectivity index (χ1v) is 12.3. The molecule has 0 radical (unpaired) electrons. The number of amides is 1. The summed E-state index contributed by atoms with van der Waals surface area (Å²) >= 11 is 0. The molecule has 1 aliphatic carbocycles. The predicted octanol–water partition coefficient (Wildman–Crippen LogP) is 5.27. The fourth-order valence-corrected chi connectivity index (χ4v) is 3.32. The van der Waals surface area contributed by atoms with E-state index in [4.69, 9.17) is 18.9 Å². The number of hydrogen-bond acceptors (Lipinski definition) is 8. The van der Waals surface area contributed by atoms with Crippen LogP contribution < -0.4 is 10.1 Å². The smallest absolute Gasteiger partial charge is 0.343 e. The third-order valence-electron chi connectivity index (χ3n) is 5.40. The van der Waals surface area contributed by atoms with Crippen molar-refractivity contribution in [2.24, 2.45) is 0 Å². The second kappa shape index (κ2) is 14.7. The van der Waals surface area contributed by atoms with Gasteiger partial charge in [-0.3, -0.25) is 4.79 Å². The van der Waals surface area contributed by atoms with E-state index in [0.29, 0.717) is 73.0 Å². The van der Waals surface area contributed by atoms with Crippen molar-refractivity contribution in [3.8, 4) is 5.75 Å². The Morgan fingerprint density at radius 3 is 1.79 bits per heavy atom. The summed E-state index contributed by atoms with van der Waals surface area (Å²) in [7, 11) is 0. The van der Waals surface area contributed by atoms with Gasteiger partial charge in [0.25, 0.3) is 0 Å². The maximum absolute atomic E-state index is 12.5. The minimum atomic E-state index is -0.532. The Bertz CT molecular complexity index is 1270. The third kappa shape index (κ3) is 9.47. The quantitative estimate of drug-likeness (QED) is 0.161. The lowest BCUT2D eigenvalue weighted by Crippen LogP contribution is -2.10. The van der Waals surface area contributed by atoms with Crippen molar-refractivity contribution in [2.45, 2.75) is 25.7 Å². The van der Waals surface area contributed by atoms with Gasteiger partial charge in [-0.2, -0.15) is 0 Å². The van der Waals surface area contributed by atoms with Crippen LogP contribution in [0.5, 0.6) is 5.75 Å². The van der Waals surface area contributed by atoms with Crippen molar-refractivity contribution in [1.29, 1.82) is 0 Å². The van der Waals surface area contributed by atoms with Gasteiger partial charge in [-0.15, -0.1) is 0 Å². The Morgan fingerprint density at radius 1 is 0.744 bits per heavy atom. The minimum absolute atomic E-state index is 0.306. The summed E-state index contributed by atoms with van der Waals surface area (Å²) in [5.74, 6) is -0.315. The molecule has 3 rings (SSSR count). The van der Waals surface area contributed by atoms with Crippen LogP contribution in [-0.2, 0) is 23.8 Å². The van der Waals surface area contributed by atoms with E-state index in [9.17, 15) is 19.2 Å². The standard InChI is InChI=1S/C30H29NO8/c1-3-27(32)31-23-11-7-21(8-12-23)29(34)38-25-15-17-26(18-16-25)39-30(35)22-9-13-24(14-10-22)36-19-5-6-20-37-28(33)4-2/h3-4,7-15,17H,1-2,5-6,16,18-20H2,(H,31,32). The molecule has 0 aromatic heterocycles. The molecule has 0 heterocycles. The van der Waals surface area contributed by atoms with Gasteiger partial charge in [-0.1, -0.05) is 13.2 Å². The molecule has 9 nitrogen and oxygen atoms in total. The Labute approximate surface area is 226 Å². The van der Waals surface area contributed by atoms with E-state index in [-0.39, 0.29) is 5.91 Å². The zero-order valence-electron chi connectivity index (χ0n) is 21.4. The van der Waals surface area contributed by atoms with Gasteiger partial charge in [-0.25, -0.2) is 14.4 Å². The van der Waals surface area contributed by atoms with Crippen LogP contribution in [0.4, 0.5) is 5.69 Å². The molecule has 39 heavy (non-hydrogen) atoms. The first-order chi connectivity index (χ1) is 18.9. The Balaban J connectivity index is 1.43. The van der Waals surface area contributed by atoms with Gasteiger partial charge < -0.3 is 24.3 Å². The molecule has 1 amide bonds. The maximum Gasteiger partial charge on any atom is 0.343 e. The van der Waals surface area contributed by atoms with Crippen LogP contribution in [0.3, 0.4) is 0 Å². The lowest BCUT2D eigenvalue weighted by atomic mass is 10.1. The molecule has 1 N–H and O–H groups in total. The second-order valence-corrected chi connectivity index (χ2v) is 8.27. The van der Waals surface area contributed by atoms with E-state index < -0.39 is 17.9 Å². The number of carbonyl (C=O) groups excluding carboxylic acids is 4. The molecule has 0 saturated heterocycles. The molecule has 2 aromatic carbocycles. The van der Waals surface area contributed by atoms with Crippen molar-refractivity contribution in [3.63, 3.8) is 0 Å². The van der Waals surface area contributed by atoms with E-state index in [2.05, 4.69) is 18.5 Å². The number of carbonyl (C=O) groups is 4. The molecule has 0 bridgehead atoms. The number of hydrogen-bond donors (Lipinski definition) is 1. The van der Waals surface area contributed by atoms with Crippen molar-refractivity contribution >= 4 is 29.5 Å². The molecule has 0 unspecified atom stereocenters. The third-order valence-corrected chi connectivity index (χ3v) is 5.40. The predicted molar refractivity (Wildman–Crippen MR) is 144 cm³/mol. The van der Waals surface area contributed by atoms with E-state index in [0.717, 1.165) is 12.2 Å². The van der Waals surface area contributed by atoms with Gasteiger partial charge in [0, 0.05) is 24.6 Å². The summed E-state index contributed by atoms with van der Waals surface area (Å²) < 4.78 is 21.4. The minimum Gasteiger partial charge on any atom is -0.494 e. The monoisotopic (exact) mass is 531 g/mol. The lowest BCUT2D eigenvalue weighted by molar-refractivity contribution is -0.137. The van der Waals surface area contributed by atoms with Gasteiger partial charge in [-0.05, 0) is 79.6 Å². The molecule has 0 saturated carbocycles. The van der Waals surface area contributed by atoms with E-state index in [1.807, 2.05) is 0 Å². The summed E-state index contributed by atoms with van der Waals surface area (Å²) in [6.45, 7) is 7.47. The number of esters is 3. The van der Waals surface area contributed by atoms with Gasteiger partial charge in [0.15, 0.2) is 0 Å². The lowest BCUT2D eigenvalue weighted by Gasteiger charge is -2.15. The van der Waals surface area contributed by atoms with Gasteiger partial charge in [0.05, 0.1) is 24.3 Å². The Morgan fingerprint density at radius 2 is 1.28 bits per heavy atom. The van der Waals surface area contributed by atoms with Crippen LogP contribution in [0.2, 0.25) is 0 Å². The van der Waals surface area contributed by atoms with Crippen LogP contribution in [0.15, 0.2) is 97.5 Å². The Kier molecular flexibility index (Phi) is 10.8. The van der Waals surface area contributed by atoms with E-state index in [1.54, 1.807) is 60.7 Å². The average molecular weight is 532 g/mol. The normalized spacial score (nSPS) is 12.2. The van der Waals surface area contributed by atoms with Crippen molar-refractivity contribution in [1.82, 2.24) is 0 Å². The molecule has 2 aromatic rings. The summed E-state index contributed by atoms with van der Waals surface area (Å²) in [6.07, 6.45) is 7.62. The highest BCUT2D eigenvalue weighted by Gasteiger charge is 2.17. The fraction of sp³-hybridized carbons (Fsp3) is 0.200. The van der Waals surface area contributed by atoms with Crippen molar-refractivity contribution < 1.29 is 38.1 Å². The number of unbranched alkanes of at least 4 members (excludes halogenated alkanes) is 1. The first kappa shape index (κ1) is 28.6. The molecular weight excluding hydrogens is 502 g/mol. The largest absolute Gasteiger partial charge is 0.494 e. The molecule has 0 aliphatic heterocycles. The maximum atomic E-state index is 12.5. The first-order valence-electron chi connectivity index (χ1n) is 12.3. The van der Waals surface area contributed by atoms with Crippen molar-refractivity contribution in [2.75, 3.05) is 18.5 Å². The van der Waals surface area contributed by atoms with Crippen molar-refractivity contribution in [3.05, 3.63) is 109 Å². The fourth-order valence-electron chi connectivity index (χ4n) is 3.32. The number of allylic oxidation sites excluding steroid dienone is 4. The highest BCUT2D eigenvalue weighted by atomic mass is 16.5. The number of rotatable bonds is 13. The zero-order chi connectivity index (χ0) is 28.0. The molecular formula is C30H29NO8. The topological polar surface area (TPSA) is 117 Å². The zero-order valence-corrected chi connectivity index (χ0v) is 21.4. The summed E-state index contributed by atoms with van der Waals surface area (Å²) in [6, 6.07) is 12.9. The van der Waals surface area contributed by atoms with Crippen LogP contribution in [0.25, 0.3) is 0 Å². The number of nitrogens with one attached hydrogen (secondary N) is 1. The second-order valence-electron chi connectivity index (χ2n) is 8.27. The molecule has 0 atom stereocenters. The van der Waals surface area contributed by atoms with Crippen LogP contribution >= 0.6 is 0 Å². The van der Waals surface area contributed by atoms with Crippen LogP contribution in [0, 0.1) is 0 Å². The average Bonchev–Trinajstić information content (AvgIpc) is 2.96. The summed E-state index contributed by atoms with van der Waals surface area (Å²) in [5.41, 5.74) is 1.23. The summed E-state index contributed by atoms with van der Waals surface area (Å²) in [4.78, 5) is 47.2. The number of ether oxygens (including phenoxy) is 4. The Hall–Kier alpha value is -4.92. The molecule has 0 spiro atoms. The highest BCUT2D eigenvalue weighted by Crippen LogP contribution is 2.23.